The smallest absolute Gasteiger partial charge is 0.145 e. The second-order valence-electron chi connectivity index (χ2n) is 5.04. The molecule has 0 amide bonds. The Hall–Kier alpha value is -0.590. The van der Waals surface area contributed by atoms with Crippen molar-refractivity contribution in [3.8, 4) is 0 Å². The molecule has 0 radical (unpaired) electrons. The molecular formula is C16H30O. The van der Waals surface area contributed by atoms with Crippen LogP contribution in [0.25, 0.3) is 0 Å². The third-order valence-electron chi connectivity index (χ3n) is 3.40. The molecule has 0 unspecified atom stereocenters. The van der Waals surface area contributed by atoms with Crippen molar-refractivity contribution in [3.05, 3.63) is 11.1 Å². The summed E-state index contributed by atoms with van der Waals surface area (Å²) in [5.41, 5.74) is 2.39. The van der Waals surface area contributed by atoms with Crippen molar-refractivity contribution >= 4 is 6.29 Å². The van der Waals surface area contributed by atoms with Gasteiger partial charge in [0.25, 0.3) is 0 Å². The molecule has 0 aliphatic rings. The van der Waals surface area contributed by atoms with Crippen molar-refractivity contribution in [1.29, 1.82) is 0 Å². The minimum atomic E-state index is 0.989. The van der Waals surface area contributed by atoms with Crippen LogP contribution in [0.3, 0.4) is 0 Å². The van der Waals surface area contributed by atoms with Gasteiger partial charge in [-0.1, -0.05) is 57.9 Å². The van der Waals surface area contributed by atoms with Crippen molar-refractivity contribution in [2.75, 3.05) is 0 Å². The number of hydrogen-bond donors (Lipinski definition) is 0. The maximum Gasteiger partial charge on any atom is 0.145 e. The van der Waals surface area contributed by atoms with Gasteiger partial charge in [0.2, 0.25) is 0 Å². The monoisotopic (exact) mass is 238 g/mol. The van der Waals surface area contributed by atoms with Crippen molar-refractivity contribution < 1.29 is 4.79 Å². The molecule has 0 heterocycles. The summed E-state index contributed by atoms with van der Waals surface area (Å²) in [6.07, 6.45) is 13.3. The summed E-state index contributed by atoms with van der Waals surface area (Å²) >= 11 is 0. The number of rotatable bonds is 11. The third-order valence-corrected chi connectivity index (χ3v) is 3.40. The van der Waals surface area contributed by atoms with Crippen LogP contribution >= 0.6 is 0 Å². The van der Waals surface area contributed by atoms with Crippen LogP contribution in [0.4, 0.5) is 0 Å². The zero-order valence-corrected chi connectivity index (χ0v) is 12.1. The van der Waals surface area contributed by atoms with Crippen LogP contribution in [0, 0.1) is 0 Å². The van der Waals surface area contributed by atoms with Gasteiger partial charge in [-0.25, -0.2) is 0 Å². The first-order valence-electron chi connectivity index (χ1n) is 7.40. The molecule has 0 fully saturated rings. The molecule has 0 aliphatic heterocycles. The molecule has 0 aromatic carbocycles. The van der Waals surface area contributed by atoms with Crippen LogP contribution < -0.4 is 0 Å². The van der Waals surface area contributed by atoms with Gasteiger partial charge in [0.1, 0.15) is 6.29 Å². The van der Waals surface area contributed by atoms with E-state index < -0.39 is 0 Å². The van der Waals surface area contributed by atoms with E-state index >= 15 is 0 Å². The van der Waals surface area contributed by atoms with Gasteiger partial charge in [-0.2, -0.15) is 0 Å². The minimum Gasteiger partial charge on any atom is -0.298 e. The summed E-state index contributed by atoms with van der Waals surface area (Å²) in [5.74, 6) is 0. The Morgan fingerprint density at radius 2 is 1.35 bits per heavy atom. The topological polar surface area (TPSA) is 17.1 Å². The Kier molecular flexibility index (Phi) is 11.5. The van der Waals surface area contributed by atoms with Crippen LogP contribution in [0.5, 0.6) is 0 Å². The molecular weight excluding hydrogens is 208 g/mol. The Balaban J connectivity index is 3.88. The summed E-state index contributed by atoms with van der Waals surface area (Å²) in [7, 11) is 0. The highest BCUT2D eigenvalue weighted by Gasteiger charge is 2.02. The molecule has 17 heavy (non-hydrogen) atoms. The Morgan fingerprint density at radius 1 is 0.824 bits per heavy atom. The lowest BCUT2D eigenvalue weighted by atomic mass is 9.99. The van der Waals surface area contributed by atoms with Crippen molar-refractivity contribution in [1.82, 2.24) is 0 Å². The van der Waals surface area contributed by atoms with Gasteiger partial charge in [0.05, 0.1) is 0 Å². The zero-order valence-electron chi connectivity index (χ0n) is 12.1. The van der Waals surface area contributed by atoms with Gasteiger partial charge in [-0.15, -0.1) is 0 Å². The molecule has 0 N–H and O–H groups in total. The van der Waals surface area contributed by atoms with E-state index in [0.717, 1.165) is 24.7 Å². The lowest BCUT2D eigenvalue weighted by Crippen LogP contribution is -1.92. The molecule has 0 bridgehead atoms. The van der Waals surface area contributed by atoms with Crippen molar-refractivity contribution in [3.63, 3.8) is 0 Å². The van der Waals surface area contributed by atoms with Gasteiger partial charge in [-0.3, -0.25) is 4.79 Å². The first-order chi connectivity index (χ1) is 8.26. The van der Waals surface area contributed by atoms with Crippen LogP contribution in [-0.4, -0.2) is 6.29 Å². The van der Waals surface area contributed by atoms with Gasteiger partial charge < -0.3 is 0 Å². The molecule has 0 atom stereocenters. The van der Waals surface area contributed by atoms with Crippen LogP contribution in [0.1, 0.15) is 85.0 Å². The summed E-state index contributed by atoms with van der Waals surface area (Å²) < 4.78 is 0. The van der Waals surface area contributed by atoms with E-state index in [4.69, 9.17) is 0 Å². The molecule has 0 saturated carbocycles. The van der Waals surface area contributed by atoms with Gasteiger partial charge in [0.15, 0.2) is 0 Å². The first-order valence-corrected chi connectivity index (χ1v) is 7.40. The van der Waals surface area contributed by atoms with Crippen LogP contribution in [-0.2, 0) is 4.79 Å². The molecule has 0 spiro atoms. The molecule has 0 aliphatic carbocycles. The Bertz CT molecular complexity index is 216. The minimum absolute atomic E-state index is 0.989. The number of hydrogen-bond acceptors (Lipinski definition) is 1. The number of carbonyl (C=O) groups is 1. The van der Waals surface area contributed by atoms with Gasteiger partial charge in [-0.05, 0) is 38.2 Å². The quantitative estimate of drug-likeness (QED) is 0.266. The third kappa shape index (κ3) is 9.14. The maximum atomic E-state index is 11.0. The second-order valence-corrected chi connectivity index (χ2v) is 5.04. The highest BCUT2D eigenvalue weighted by atomic mass is 16.1. The van der Waals surface area contributed by atoms with E-state index in [2.05, 4.69) is 20.8 Å². The molecule has 0 aromatic heterocycles. The van der Waals surface area contributed by atoms with E-state index in [1.807, 2.05) is 0 Å². The summed E-state index contributed by atoms with van der Waals surface area (Å²) in [6.45, 7) is 6.58. The first kappa shape index (κ1) is 16.4. The largest absolute Gasteiger partial charge is 0.298 e. The highest BCUT2D eigenvalue weighted by molar-refractivity contribution is 5.74. The average Bonchev–Trinajstić information content (AvgIpc) is 2.34. The van der Waals surface area contributed by atoms with Crippen molar-refractivity contribution in [2.45, 2.75) is 85.0 Å². The maximum absolute atomic E-state index is 11.0. The predicted octanol–water partition coefficient (Wildman–Crippen LogP) is 5.44. The normalized spacial score (nSPS) is 12.4. The standard InChI is InChI=1S/C16H30O/c1-4-6-8-10-12-15(3)16(14-17)13-11-9-7-5-2/h14H,4-13H2,1-3H3/b16-15+. The Labute approximate surface area is 108 Å². The fourth-order valence-electron chi connectivity index (χ4n) is 2.09. The lowest BCUT2D eigenvalue weighted by Gasteiger charge is -2.07. The van der Waals surface area contributed by atoms with E-state index in [1.54, 1.807) is 0 Å². The number of allylic oxidation sites excluding steroid dienone is 2. The SMILES string of the molecule is CCCCCC/C(C)=C(/C=O)CCCCCC. The van der Waals surface area contributed by atoms with E-state index in [-0.39, 0.29) is 0 Å². The zero-order chi connectivity index (χ0) is 12.9. The Morgan fingerprint density at radius 3 is 1.82 bits per heavy atom. The number of carbonyl (C=O) groups excluding carboxylic acids is 1. The van der Waals surface area contributed by atoms with Crippen LogP contribution in [0.2, 0.25) is 0 Å². The van der Waals surface area contributed by atoms with Gasteiger partial charge in [0, 0.05) is 0 Å². The summed E-state index contributed by atoms with van der Waals surface area (Å²) in [5, 5.41) is 0. The van der Waals surface area contributed by atoms with Crippen molar-refractivity contribution in [2.24, 2.45) is 0 Å². The fourth-order valence-corrected chi connectivity index (χ4v) is 2.09. The highest BCUT2D eigenvalue weighted by Crippen LogP contribution is 2.17. The summed E-state index contributed by atoms with van der Waals surface area (Å²) in [6, 6.07) is 0. The molecule has 100 valence electrons. The van der Waals surface area contributed by atoms with E-state index in [9.17, 15) is 4.79 Å². The molecule has 0 rings (SSSR count). The summed E-state index contributed by atoms with van der Waals surface area (Å²) in [4.78, 5) is 11.0. The molecule has 1 heteroatoms. The second kappa shape index (κ2) is 11.9. The number of aldehydes is 1. The molecule has 0 aromatic rings. The predicted molar refractivity (Wildman–Crippen MR) is 76.3 cm³/mol. The van der Waals surface area contributed by atoms with E-state index in [0.29, 0.717) is 0 Å². The average molecular weight is 238 g/mol. The fraction of sp³-hybridized carbons (Fsp3) is 0.812. The lowest BCUT2D eigenvalue weighted by molar-refractivity contribution is -0.105. The molecule has 0 saturated heterocycles. The van der Waals surface area contributed by atoms with E-state index in [1.165, 1.54) is 56.9 Å². The molecule has 1 nitrogen and oxygen atoms in total. The number of unbranched alkanes of at least 4 members (excludes halogenated alkanes) is 6. The van der Waals surface area contributed by atoms with Gasteiger partial charge >= 0.3 is 0 Å². The van der Waals surface area contributed by atoms with Crippen LogP contribution in [0.15, 0.2) is 11.1 Å².